The van der Waals surface area contributed by atoms with Gasteiger partial charge in [-0.25, -0.2) is 4.79 Å². The fourth-order valence-electron chi connectivity index (χ4n) is 1.18. The zero-order chi connectivity index (χ0) is 8.97. The summed E-state index contributed by atoms with van der Waals surface area (Å²) in [6, 6.07) is 0. The molecule has 66 valence electrons. The van der Waals surface area contributed by atoms with Gasteiger partial charge in [-0.2, -0.15) is 0 Å². The van der Waals surface area contributed by atoms with E-state index in [1.165, 1.54) is 0 Å². The minimum Gasteiger partial charge on any atom is -0.478 e. The molecule has 1 aliphatic rings. The van der Waals surface area contributed by atoms with Gasteiger partial charge in [0, 0.05) is 13.1 Å². The molecular formula is C9H13NO2. The van der Waals surface area contributed by atoms with Gasteiger partial charge in [0.15, 0.2) is 0 Å². The maximum atomic E-state index is 10.6. The molecular weight excluding hydrogens is 154 g/mol. The summed E-state index contributed by atoms with van der Waals surface area (Å²) < 4.78 is 0. The fraction of sp³-hybridized carbons (Fsp3) is 0.444. The number of rotatable bonds is 3. The molecule has 0 aromatic rings. The molecule has 0 saturated carbocycles. The lowest BCUT2D eigenvalue weighted by Gasteiger charge is -2.22. The van der Waals surface area contributed by atoms with E-state index in [0.29, 0.717) is 12.1 Å². The van der Waals surface area contributed by atoms with Gasteiger partial charge in [-0.1, -0.05) is 6.92 Å². The summed E-state index contributed by atoms with van der Waals surface area (Å²) >= 11 is 0. The predicted octanol–water partition coefficient (Wildman–Crippen LogP) is 1.24. The van der Waals surface area contributed by atoms with Gasteiger partial charge in [0.25, 0.3) is 0 Å². The maximum absolute atomic E-state index is 10.6. The highest BCUT2D eigenvalue weighted by Crippen LogP contribution is 2.07. The van der Waals surface area contributed by atoms with Crippen LogP contribution in [-0.4, -0.2) is 29.1 Å². The Kier molecular flexibility index (Phi) is 2.91. The van der Waals surface area contributed by atoms with Crippen LogP contribution in [0.15, 0.2) is 23.9 Å². The fourth-order valence-corrected chi connectivity index (χ4v) is 1.18. The van der Waals surface area contributed by atoms with Crippen molar-refractivity contribution >= 4 is 5.97 Å². The summed E-state index contributed by atoms with van der Waals surface area (Å²) in [6.07, 6.45) is 6.39. The number of nitrogens with zero attached hydrogens (tertiary/aromatic N) is 1. The lowest BCUT2D eigenvalue weighted by molar-refractivity contribution is -0.132. The third kappa shape index (κ3) is 2.12. The topological polar surface area (TPSA) is 40.5 Å². The molecule has 0 bridgehead atoms. The minimum atomic E-state index is -0.819. The van der Waals surface area contributed by atoms with E-state index in [9.17, 15) is 4.79 Å². The Hall–Kier alpha value is -1.25. The van der Waals surface area contributed by atoms with Gasteiger partial charge in [-0.15, -0.1) is 0 Å². The molecule has 0 radical (unpaired) electrons. The molecule has 0 spiro atoms. The maximum Gasteiger partial charge on any atom is 0.333 e. The molecule has 1 heterocycles. The molecule has 0 atom stereocenters. The summed E-state index contributed by atoms with van der Waals surface area (Å²) in [5.74, 6) is -0.819. The van der Waals surface area contributed by atoms with E-state index >= 15 is 0 Å². The SMILES string of the molecule is CCCN1C=CC=C(C(=O)O)C1. The van der Waals surface area contributed by atoms with Crippen LogP contribution in [0.25, 0.3) is 0 Å². The summed E-state index contributed by atoms with van der Waals surface area (Å²) in [4.78, 5) is 12.6. The van der Waals surface area contributed by atoms with E-state index in [-0.39, 0.29) is 0 Å². The molecule has 3 heteroatoms. The van der Waals surface area contributed by atoms with Crippen LogP contribution in [-0.2, 0) is 4.79 Å². The number of allylic oxidation sites excluding steroid dienone is 2. The first-order valence-corrected chi connectivity index (χ1v) is 4.08. The number of carbonyl (C=O) groups is 1. The standard InChI is InChI=1S/C9H13NO2/c1-2-5-10-6-3-4-8(7-10)9(11)12/h3-4,6H,2,5,7H2,1H3,(H,11,12). The molecule has 0 saturated heterocycles. The van der Waals surface area contributed by atoms with Crippen LogP contribution in [0.2, 0.25) is 0 Å². The second kappa shape index (κ2) is 3.95. The zero-order valence-electron chi connectivity index (χ0n) is 7.16. The van der Waals surface area contributed by atoms with Crippen LogP contribution in [0.5, 0.6) is 0 Å². The van der Waals surface area contributed by atoms with Gasteiger partial charge in [-0.05, 0) is 24.8 Å². The Labute approximate surface area is 72.0 Å². The monoisotopic (exact) mass is 167 g/mol. The van der Waals surface area contributed by atoms with E-state index in [0.717, 1.165) is 13.0 Å². The molecule has 1 rings (SSSR count). The minimum absolute atomic E-state index is 0.464. The highest BCUT2D eigenvalue weighted by atomic mass is 16.4. The molecule has 0 amide bonds. The van der Waals surface area contributed by atoms with Crippen molar-refractivity contribution in [3.63, 3.8) is 0 Å². The van der Waals surface area contributed by atoms with Crippen molar-refractivity contribution in [3.8, 4) is 0 Å². The Morgan fingerprint density at radius 1 is 1.75 bits per heavy atom. The summed E-state index contributed by atoms with van der Waals surface area (Å²) in [6.45, 7) is 3.52. The summed E-state index contributed by atoms with van der Waals surface area (Å²) in [7, 11) is 0. The molecule has 0 aromatic carbocycles. The van der Waals surface area contributed by atoms with E-state index in [1.807, 2.05) is 11.1 Å². The zero-order valence-corrected chi connectivity index (χ0v) is 7.16. The van der Waals surface area contributed by atoms with E-state index in [2.05, 4.69) is 6.92 Å². The average molecular weight is 167 g/mol. The largest absolute Gasteiger partial charge is 0.478 e. The van der Waals surface area contributed by atoms with Gasteiger partial charge in [-0.3, -0.25) is 0 Å². The number of hydrogen-bond acceptors (Lipinski definition) is 2. The van der Waals surface area contributed by atoms with E-state index in [4.69, 9.17) is 5.11 Å². The average Bonchev–Trinajstić information content (AvgIpc) is 2.05. The van der Waals surface area contributed by atoms with Crippen molar-refractivity contribution < 1.29 is 9.90 Å². The van der Waals surface area contributed by atoms with Crippen molar-refractivity contribution in [2.75, 3.05) is 13.1 Å². The van der Waals surface area contributed by atoms with Gasteiger partial charge < -0.3 is 10.0 Å². The third-order valence-corrected chi connectivity index (χ3v) is 1.75. The Morgan fingerprint density at radius 3 is 3.08 bits per heavy atom. The van der Waals surface area contributed by atoms with Crippen molar-refractivity contribution in [2.24, 2.45) is 0 Å². The molecule has 12 heavy (non-hydrogen) atoms. The van der Waals surface area contributed by atoms with E-state index < -0.39 is 5.97 Å². The molecule has 1 aliphatic heterocycles. The molecule has 3 nitrogen and oxygen atoms in total. The van der Waals surface area contributed by atoms with Crippen LogP contribution in [0.1, 0.15) is 13.3 Å². The molecule has 0 aromatic heterocycles. The molecule has 0 aliphatic carbocycles. The number of hydrogen-bond donors (Lipinski definition) is 1. The Morgan fingerprint density at radius 2 is 2.50 bits per heavy atom. The Balaban J connectivity index is 2.55. The van der Waals surface area contributed by atoms with Gasteiger partial charge in [0.2, 0.25) is 0 Å². The first-order chi connectivity index (χ1) is 5.74. The van der Waals surface area contributed by atoms with Crippen LogP contribution >= 0.6 is 0 Å². The highest BCUT2D eigenvalue weighted by Gasteiger charge is 2.11. The normalized spacial score (nSPS) is 16.1. The lowest BCUT2D eigenvalue weighted by Crippen LogP contribution is -2.25. The summed E-state index contributed by atoms with van der Waals surface area (Å²) in [5, 5.41) is 8.70. The van der Waals surface area contributed by atoms with Crippen molar-refractivity contribution in [3.05, 3.63) is 23.9 Å². The molecule has 0 fully saturated rings. The Bertz CT molecular complexity index is 231. The number of carboxylic acids is 1. The van der Waals surface area contributed by atoms with Crippen molar-refractivity contribution in [1.29, 1.82) is 0 Å². The third-order valence-electron chi connectivity index (χ3n) is 1.75. The first-order valence-electron chi connectivity index (χ1n) is 4.08. The number of carboxylic acid groups (broad SMARTS) is 1. The van der Waals surface area contributed by atoms with Crippen LogP contribution in [0.3, 0.4) is 0 Å². The second-order valence-electron chi connectivity index (χ2n) is 2.81. The van der Waals surface area contributed by atoms with Crippen molar-refractivity contribution in [1.82, 2.24) is 4.90 Å². The van der Waals surface area contributed by atoms with Gasteiger partial charge >= 0.3 is 5.97 Å². The molecule has 1 N–H and O–H groups in total. The van der Waals surface area contributed by atoms with E-state index in [1.54, 1.807) is 12.2 Å². The predicted molar refractivity (Wildman–Crippen MR) is 46.7 cm³/mol. The highest BCUT2D eigenvalue weighted by molar-refractivity contribution is 5.87. The van der Waals surface area contributed by atoms with Gasteiger partial charge in [0.05, 0.1) is 5.57 Å². The lowest BCUT2D eigenvalue weighted by atomic mass is 10.2. The van der Waals surface area contributed by atoms with Crippen LogP contribution < -0.4 is 0 Å². The quantitative estimate of drug-likeness (QED) is 0.687. The molecule has 0 unspecified atom stereocenters. The first kappa shape index (κ1) is 8.84. The smallest absolute Gasteiger partial charge is 0.333 e. The number of aliphatic carboxylic acids is 1. The summed E-state index contributed by atoms with van der Waals surface area (Å²) in [5.41, 5.74) is 0.464. The van der Waals surface area contributed by atoms with Gasteiger partial charge in [0.1, 0.15) is 0 Å². The van der Waals surface area contributed by atoms with Crippen LogP contribution in [0.4, 0.5) is 0 Å². The van der Waals surface area contributed by atoms with Crippen molar-refractivity contribution in [2.45, 2.75) is 13.3 Å². The van der Waals surface area contributed by atoms with Crippen LogP contribution in [0, 0.1) is 0 Å². The second-order valence-corrected chi connectivity index (χ2v) is 2.81.